The number of fused-ring (bicyclic) bond motifs is 1. The van der Waals surface area contributed by atoms with E-state index in [2.05, 4.69) is 10.3 Å². The second-order valence-corrected chi connectivity index (χ2v) is 8.05. The molecule has 0 bridgehead atoms. The average molecular weight is 412 g/mol. The van der Waals surface area contributed by atoms with Crippen molar-refractivity contribution >= 4 is 46.2 Å². The zero-order valence-corrected chi connectivity index (χ0v) is 17.0. The van der Waals surface area contributed by atoms with Gasteiger partial charge in [0.1, 0.15) is 10.7 Å². The molecule has 4 rings (SSSR count). The van der Waals surface area contributed by atoms with E-state index in [1.807, 2.05) is 60.9 Å². The number of hydrogen-bond donors (Lipinski definition) is 1. The first-order valence-corrected chi connectivity index (χ1v) is 10.4. The topological polar surface area (TPSA) is 62.3 Å². The van der Waals surface area contributed by atoms with E-state index >= 15 is 0 Å². The van der Waals surface area contributed by atoms with Gasteiger partial charge < -0.3 is 5.32 Å². The van der Waals surface area contributed by atoms with Crippen molar-refractivity contribution in [3.8, 4) is 0 Å². The van der Waals surface area contributed by atoms with Crippen LogP contribution in [0.2, 0.25) is 5.15 Å². The number of carbonyl (C=O) groups is 2. The van der Waals surface area contributed by atoms with E-state index in [1.54, 1.807) is 18.7 Å². The van der Waals surface area contributed by atoms with Crippen molar-refractivity contribution in [1.82, 2.24) is 15.2 Å². The summed E-state index contributed by atoms with van der Waals surface area (Å²) in [6.07, 6.45) is 2.00. The molecule has 3 aromatic rings. The Morgan fingerprint density at radius 2 is 1.89 bits per heavy atom. The maximum atomic E-state index is 13.1. The van der Waals surface area contributed by atoms with Crippen LogP contribution in [0.1, 0.15) is 18.1 Å². The monoisotopic (exact) mass is 411 g/mol. The summed E-state index contributed by atoms with van der Waals surface area (Å²) >= 11 is 8.00. The first kappa shape index (κ1) is 18.8. The highest BCUT2D eigenvalue weighted by atomic mass is 35.5. The number of benzene rings is 2. The number of imide groups is 1. The predicted molar refractivity (Wildman–Crippen MR) is 111 cm³/mol. The molecule has 1 N–H and O–H groups in total. The number of carbonyl (C=O) groups excluding carboxylic acids is 2. The number of halogens is 1. The summed E-state index contributed by atoms with van der Waals surface area (Å²) in [5, 5.41) is 4.01. The summed E-state index contributed by atoms with van der Waals surface area (Å²) in [5.41, 5.74) is 1.06. The molecule has 2 heterocycles. The molecule has 1 aliphatic heterocycles. The molecule has 1 aromatic heterocycles. The minimum atomic E-state index is -1.09. The average Bonchev–Trinajstić information content (AvgIpc) is 2.92. The maximum Gasteiger partial charge on any atom is 0.325 e. The molecule has 0 spiro atoms. The molecule has 1 aliphatic rings. The first-order valence-electron chi connectivity index (χ1n) is 8.75. The van der Waals surface area contributed by atoms with Gasteiger partial charge in [-0.1, -0.05) is 48.0 Å². The van der Waals surface area contributed by atoms with Crippen molar-refractivity contribution in [3.05, 3.63) is 70.9 Å². The molecule has 1 saturated heterocycles. The molecule has 142 valence electrons. The minimum absolute atomic E-state index is 0.0686. The fourth-order valence-electron chi connectivity index (χ4n) is 3.38. The summed E-state index contributed by atoms with van der Waals surface area (Å²) in [5.74, 6) is -0.308. The lowest BCUT2D eigenvalue weighted by Gasteiger charge is -2.22. The van der Waals surface area contributed by atoms with Crippen LogP contribution < -0.4 is 5.32 Å². The Morgan fingerprint density at radius 3 is 2.61 bits per heavy atom. The Hall–Kier alpha value is -2.57. The van der Waals surface area contributed by atoms with E-state index in [0.29, 0.717) is 10.7 Å². The van der Waals surface area contributed by atoms with Crippen molar-refractivity contribution in [2.45, 2.75) is 23.9 Å². The first-order chi connectivity index (χ1) is 13.4. The second-order valence-electron chi connectivity index (χ2n) is 6.81. The molecule has 0 unspecified atom stereocenters. The molecule has 28 heavy (non-hydrogen) atoms. The van der Waals surface area contributed by atoms with Gasteiger partial charge in [0.15, 0.2) is 0 Å². The number of hydrogen-bond acceptors (Lipinski definition) is 4. The Morgan fingerprint density at radius 1 is 1.14 bits per heavy atom. The molecule has 0 aliphatic carbocycles. The number of thioether (sulfide) groups is 1. The van der Waals surface area contributed by atoms with E-state index in [1.165, 1.54) is 4.90 Å². The van der Waals surface area contributed by atoms with Gasteiger partial charge in [0, 0.05) is 15.8 Å². The third-order valence-corrected chi connectivity index (χ3v) is 6.06. The summed E-state index contributed by atoms with van der Waals surface area (Å²) in [4.78, 5) is 32.4. The zero-order valence-electron chi connectivity index (χ0n) is 15.4. The molecule has 2 aromatic carbocycles. The lowest BCUT2D eigenvalue weighted by atomic mass is 9.92. The zero-order chi connectivity index (χ0) is 19.9. The van der Waals surface area contributed by atoms with Crippen LogP contribution in [0.15, 0.2) is 59.5 Å². The number of aromatic nitrogens is 1. The highest BCUT2D eigenvalue weighted by molar-refractivity contribution is 7.98. The summed E-state index contributed by atoms with van der Waals surface area (Å²) < 4.78 is 0. The highest BCUT2D eigenvalue weighted by Crippen LogP contribution is 2.31. The summed E-state index contributed by atoms with van der Waals surface area (Å²) in [7, 11) is 0. The van der Waals surface area contributed by atoms with Gasteiger partial charge in [-0.25, -0.2) is 9.78 Å². The summed E-state index contributed by atoms with van der Waals surface area (Å²) in [6.45, 7) is 1.78. The van der Waals surface area contributed by atoms with Gasteiger partial charge in [-0.2, -0.15) is 0 Å². The van der Waals surface area contributed by atoms with Crippen LogP contribution >= 0.6 is 23.4 Å². The largest absolute Gasteiger partial charge is 0.325 e. The molecule has 5 nitrogen and oxygen atoms in total. The van der Waals surface area contributed by atoms with Gasteiger partial charge in [-0.05, 0) is 36.9 Å². The van der Waals surface area contributed by atoms with Gasteiger partial charge in [-0.15, -0.1) is 11.8 Å². The normalized spacial score (nSPS) is 19.3. The van der Waals surface area contributed by atoms with Gasteiger partial charge in [-0.3, -0.25) is 9.69 Å². The van der Waals surface area contributed by atoms with Gasteiger partial charge >= 0.3 is 6.03 Å². The van der Waals surface area contributed by atoms with Crippen LogP contribution in [0, 0.1) is 0 Å². The molecule has 0 saturated carbocycles. The number of nitrogens with zero attached hydrogens (tertiary/aromatic N) is 2. The quantitative estimate of drug-likeness (QED) is 0.388. The van der Waals surface area contributed by atoms with Gasteiger partial charge in [0.25, 0.3) is 5.91 Å². The Balaban J connectivity index is 1.66. The lowest BCUT2D eigenvalue weighted by molar-refractivity contribution is -0.131. The van der Waals surface area contributed by atoms with Gasteiger partial charge in [0.05, 0.1) is 12.1 Å². The Bertz CT molecular complexity index is 1090. The number of urea groups is 1. The Kier molecular flexibility index (Phi) is 4.77. The van der Waals surface area contributed by atoms with Crippen molar-refractivity contribution < 1.29 is 9.59 Å². The number of nitrogens with one attached hydrogen (secondary N) is 1. The predicted octanol–water partition coefficient (Wildman–Crippen LogP) is 4.58. The smallest absolute Gasteiger partial charge is 0.319 e. The van der Waals surface area contributed by atoms with E-state index in [-0.39, 0.29) is 12.5 Å². The van der Waals surface area contributed by atoms with Crippen LogP contribution in [0.3, 0.4) is 0 Å². The number of rotatable bonds is 4. The lowest BCUT2D eigenvalue weighted by Crippen LogP contribution is -2.40. The highest BCUT2D eigenvalue weighted by Gasteiger charge is 2.48. The van der Waals surface area contributed by atoms with E-state index in [9.17, 15) is 9.59 Å². The maximum absolute atomic E-state index is 13.1. The van der Waals surface area contributed by atoms with Crippen LogP contribution in [-0.4, -0.2) is 28.1 Å². The molecule has 1 atom stereocenters. The van der Waals surface area contributed by atoms with Crippen LogP contribution in [0.25, 0.3) is 10.9 Å². The van der Waals surface area contributed by atoms with Crippen LogP contribution in [0.5, 0.6) is 0 Å². The van der Waals surface area contributed by atoms with E-state index in [4.69, 9.17) is 11.6 Å². The molecular formula is C21H18ClN3O2S. The van der Waals surface area contributed by atoms with E-state index in [0.717, 1.165) is 21.4 Å². The van der Waals surface area contributed by atoms with Crippen LogP contribution in [0.4, 0.5) is 4.79 Å². The van der Waals surface area contributed by atoms with Crippen molar-refractivity contribution in [2.24, 2.45) is 0 Å². The standard InChI is InChI=1S/C21H18ClN3O2S/c1-21(15-6-4-3-5-7-15)19(26)25(20(27)24-21)12-14-10-13-8-9-16(28-2)11-17(13)23-18(14)22/h3-11H,12H2,1-2H3,(H,24,27)/t21-/m1/s1. The fourth-order valence-corrected chi connectivity index (χ4v) is 4.02. The fraction of sp³-hybridized carbons (Fsp3) is 0.190. The summed E-state index contributed by atoms with van der Waals surface area (Å²) in [6, 6.07) is 16.6. The van der Waals surface area contributed by atoms with Crippen LogP contribution in [-0.2, 0) is 16.9 Å². The molecule has 1 fully saturated rings. The number of pyridine rings is 1. The third-order valence-electron chi connectivity index (χ3n) is 5.01. The number of amides is 3. The minimum Gasteiger partial charge on any atom is -0.319 e. The van der Waals surface area contributed by atoms with E-state index < -0.39 is 11.6 Å². The Labute approximate surface area is 172 Å². The van der Waals surface area contributed by atoms with Crippen molar-refractivity contribution in [2.75, 3.05) is 6.26 Å². The van der Waals surface area contributed by atoms with Crippen molar-refractivity contribution in [1.29, 1.82) is 0 Å². The molecular weight excluding hydrogens is 394 g/mol. The molecule has 0 radical (unpaired) electrons. The molecule has 3 amide bonds. The SMILES string of the molecule is CSc1ccc2cc(CN3C(=O)N[C@](C)(c4ccccc4)C3=O)c(Cl)nc2c1. The van der Waals surface area contributed by atoms with Crippen molar-refractivity contribution in [3.63, 3.8) is 0 Å². The third kappa shape index (κ3) is 3.12. The second kappa shape index (κ2) is 7.11. The van der Waals surface area contributed by atoms with Gasteiger partial charge in [0.2, 0.25) is 0 Å². The molecule has 7 heteroatoms.